The third-order valence-electron chi connectivity index (χ3n) is 2.32. The lowest BCUT2D eigenvalue weighted by Gasteiger charge is -2.23. The third kappa shape index (κ3) is 2.96. The van der Waals surface area contributed by atoms with E-state index in [2.05, 4.69) is 5.32 Å². The van der Waals surface area contributed by atoms with Crippen LogP contribution in [0.2, 0.25) is 0 Å². The monoisotopic (exact) mass is 242 g/mol. The van der Waals surface area contributed by atoms with Crippen molar-refractivity contribution in [1.29, 1.82) is 0 Å². The highest BCUT2D eigenvalue weighted by Crippen LogP contribution is 2.22. The molecule has 0 spiro atoms. The molecule has 90 valence electrons. The van der Waals surface area contributed by atoms with E-state index < -0.39 is 10.0 Å². The van der Waals surface area contributed by atoms with Gasteiger partial charge in [0.15, 0.2) is 0 Å². The Balaban J connectivity index is 3.19. The number of nitrogens with zero attached hydrogens (tertiary/aromatic N) is 1. The standard InChI is InChI=1S/C11H18N2O2S/c1-4-13(16(3,14)15)11-8-6-5-7-10(11)9-12-2/h5-8,12H,4,9H2,1-3H3. The van der Waals surface area contributed by atoms with Crippen molar-refractivity contribution in [3.05, 3.63) is 29.8 Å². The molecule has 0 fully saturated rings. The summed E-state index contributed by atoms with van der Waals surface area (Å²) in [5, 5.41) is 3.03. The summed E-state index contributed by atoms with van der Waals surface area (Å²) in [6.45, 7) is 2.93. The van der Waals surface area contributed by atoms with Crippen LogP contribution in [0.15, 0.2) is 24.3 Å². The SMILES string of the molecule is CCN(c1ccccc1CNC)S(C)(=O)=O. The zero-order valence-corrected chi connectivity index (χ0v) is 10.7. The van der Waals surface area contributed by atoms with Crippen LogP contribution in [0.4, 0.5) is 5.69 Å². The Kier molecular flexibility index (Phi) is 4.32. The predicted octanol–water partition coefficient (Wildman–Crippen LogP) is 1.19. The van der Waals surface area contributed by atoms with Gasteiger partial charge in [0.25, 0.3) is 0 Å². The molecule has 1 rings (SSSR count). The molecule has 4 nitrogen and oxygen atoms in total. The molecular weight excluding hydrogens is 224 g/mol. The summed E-state index contributed by atoms with van der Waals surface area (Å²) in [5.74, 6) is 0. The van der Waals surface area contributed by atoms with Crippen molar-refractivity contribution in [2.75, 3.05) is 24.2 Å². The normalized spacial score (nSPS) is 11.4. The van der Waals surface area contributed by atoms with Crippen molar-refractivity contribution in [2.45, 2.75) is 13.5 Å². The summed E-state index contributed by atoms with van der Waals surface area (Å²) in [5.41, 5.74) is 1.74. The van der Waals surface area contributed by atoms with Crippen LogP contribution >= 0.6 is 0 Å². The van der Waals surface area contributed by atoms with Crippen molar-refractivity contribution in [3.8, 4) is 0 Å². The number of nitrogens with one attached hydrogen (secondary N) is 1. The number of rotatable bonds is 5. The van der Waals surface area contributed by atoms with Gasteiger partial charge in [-0.3, -0.25) is 4.31 Å². The van der Waals surface area contributed by atoms with Gasteiger partial charge in [0.2, 0.25) is 10.0 Å². The molecule has 0 unspecified atom stereocenters. The Hall–Kier alpha value is -1.07. The highest BCUT2D eigenvalue weighted by molar-refractivity contribution is 7.92. The molecule has 0 saturated carbocycles. The van der Waals surface area contributed by atoms with Crippen LogP contribution in [0.3, 0.4) is 0 Å². The second-order valence-corrected chi connectivity index (χ2v) is 5.49. The van der Waals surface area contributed by atoms with Gasteiger partial charge in [-0.1, -0.05) is 18.2 Å². The van der Waals surface area contributed by atoms with Crippen molar-refractivity contribution >= 4 is 15.7 Å². The first kappa shape index (κ1) is 13.0. The minimum Gasteiger partial charge on any atom is -0.316 e. The van der Waals surface area contributed by atoms with Crippen LogP contribution in [0, 0.1) is 0 Å². The summed E-state index contributed by atoms with van der Waals surface area (Å²) >= 11 is 0. The highest BCUT2D eigenvalue weighted by Gasteiger charge is 2.17. The van der Waals surface area contributed by atoms with Crippen molar-refractivity contribution in [2.24, 2.45) is 0 Å². The average Bonchev–Trinajstić information content (AvgIpc) is 2.20. The van der Waals surface area contributed by atoms with Gasteiger partial charge in [0.05, 0.1) is 11.9 Å². The van der Waals surface area contributed by atoms with Gasteiger partial charge < -0.3 is 5.32 Å². The fraction of sp³-hybridized carbons (Fsp3) is 0.455. The van der Waals surface area contributed by atoms with Gasteiger partial charge in [-0.15, -0.1) is 0 Å². The lowest BCUT2D eigenvalue weighted by atomic mass is 10.2. The number of hydrogen-bond acceptors (Lipinski definition) is 3. The van der Waals surface area contributed by atoms with E-state index in [1.54, 1.807) is 0 Å². The second-order valence-electron chi connectivity index (χ2n) is 3.59. The molecule has 0 amide bonds. The molecule has 5 heteroatoms. The molecule has 0 heterocycles. The van der Waals surface area contributed by atoms with E-state index in [1.165, 1.54) is 10.6 Å². The number of benzene rings is 1. The molecule has 0 bridgehead atoms. The number of hydrogen-bond donors (Lipinski definition) is 1. The molecule has 1 N–H and O–H groups in total. The zero-order valence-electron chi connectivity index (χ0n) is 9.90. The zero-order chi connectivity index (χ0) is 12.2. The maximum atomic E-state index is 11.6. The molecule has 0 aliphatic rings. The van der Waals surface area contributed by atoms with Gasteiger partial charge in [0, 0.05) is 13.1 Å². The topological polar surface area (TPSA) is 49.4 Å². The van der Waals surface area contributed by atoms with Crippen molar-refractivity contribution < 1.29 is 8.42 Å². The Labute approximate surface area is 97.3 Å². The Morgan fingerprint density at radius 3 is 2.44 bits per heavy atom. The summed E-state index contributed by atoms with van der Waals surface area (Å²) in [6, 6.07) is 7.52. The summed E-state index contributed by atoms with van der Waals surface area (Å²) < 4.78 is 24.7. The van der Waals surface area contributed by atoms with Crippen LogP contribution in [-0.2, 0) is 16.6 Å². The van der Waals surface area contributed by atoms with E-state index in [9.17, 15) is 8.42 Å². The van der Waals surface area contributed by atoms with E-state index in [1.807, 2.05) is 38.2 Å². The summed E-state index contributed by atoms with van der Waals surface area (Å²) in [7, 11) is -1.36. The predicted molar refractivity (Wildman–Crippen MR) is 67.1 cm³/mol. The minimum atomic E-state index is -3.20. The summed E-state index contributed by atoms with van der Waals surface area (Å²) in [4.78, 5) is 0. The average molecular weight is 242 g/mol. The van der Waals surface area contributed by atoms with Crippen LogP contribution in [0.5, 0.6) is 0 Å². The van der Waals surface area contributed by atoms with Crippen LogP contribution in [0.1, 0.15) is 12.5 Å². The fourth-order valence-electron chi connectivity index (χ4n) is 1.68. The molecule has 0 atom stereocenters. The Morgan fingerprint density at radius 2 is 1.94 bits per heavy atom. The first-order chi connectivity index (χ1) is 7.50. The number of anilines is 1. The number of sulfonamides is 1. The van der Waals surface area contributed by atoms with Crippen LogP contribution in [-0.4, -0.2) is 28.3 Å². The van der Waals surface area contributed by atoms with Gasteiger partial charge in [-0.25, -0.2) is 8.42 Å². The molecule has 0 radical (unpaired) electrons. The molecule has 0 aromatic heterocycles. The Morgan fingerprint density at radius 1 is 1.31 bits per heavy atom. The maximum absolute atomic E-state index is 11.6. The first-order valence-electron chi connectivity index (χ1n) is 5.21. The van der Waals surface area contributed by atoms with E-state index in [0.717, 1.165) is 11.3 Å². The second kappa shape index (κ2) is 5.32. The molecule has 0 aliphatic carbocycles. The van der Waals surface area contributed by atoms with Gasteiger partial charge in [0.1, 0.15) is 0 Å². The molecule has 1 aromatic rings. The smallest absolute Gasteiger partial charge is 0.232 e. The lowest BCUT2D eigenvalue weighted by Crippen LogP contribution is -2.30. The quantitative estimate of drug-likeness (QED) is 0.844. The van der Waals surface area contributed by atoms with Gasteiger partial charge in [-0.05, 0) is 25.6 Å². The fourth-order valence-corrected chi connectivity index (χ4v) is 2.68. The van der Waals surface area contributed by atoms with Crippen LogP contribution < -0.4 is 9.62 Å². The first-order valence-corrected chi connectivity index (χ1v) is 7.05. The van der Waals surface area contributed by atoms with E-state index in [-0.39, 0.29) is 0 Å². The van der Waals surface area contributed by atoms with Crippen molar-refractivity contribution in [1.82, 2.24) is 5.32 Å². The largest absolute Gasteiger partial charge is 0.316 e. The highest BCUT2D eigenvalue weighted by atomic mass is 32.2. The number of para-hydroxylation sites is 1. The maximum Gasteiger partial charge on any atom is 0.232 e. The van der Waals surface area contributed by atoms with Crippen molar-refractivity contribution in [3.63, 3.8) is 0 Å². The van der Waals surface area contributed by atoms with E-state index in [0.29, 0.717) is 13.1 Å². The van der Waals surface area contributed by atoms with E-state index >= 15 is 0 Å². The molecule has 1 aromatic carbocycles. The lowest BCUT2D eigenvalue weighted by molar-refractivity contribution is 0.597. The minimum absolute atomic E-state index is 0.444. The third-order valence-corrected chi connectivity index (χ3v) is 3.57. The van der Waals surface area contributed by atoms with Gasteiger partial charge in [-0.2, -0.15) is 0 Å². The van der Waals surface area contributed by atoms with Gasteiger partial charge >= 0.3 is 0 Å². The summed E-state index contributed by atoms with van der Waals surface area (Å²) in [6.07, 6.45) is 1.23. The van der Waals surface area contributed by atoms with Crippen LogP contribution in [0.25, 0.3) is 0 Å². The molecular formula is C11H18N2O2S. The molecule has 0 saturated heterocycles. The molecule has 0 aliphatic heterocycles. The Bertz CT molecular complexity index is 443. The molecule has 16 heavy (non-hydrogen) atoms. The van der Waals surface area contributed by atoms with E-state index in [4.69, 9.17) is 0 Å².